The minimum Gasteiger partial charge on any atom is -0.465 e. The van der Waals surface area contributed by atoms with E-state index in [2.05, 4.69) is 21.2 Å². The standard InChI is InChI=1S/C9H9BrFNO2/c1-5(12-9(13)14)7-3-2-6(11)4-8(7)10/h2-5,12H,1H3,(H,13,14). The van der Waals surface area contributed by atoms with Crippen LogP contribution in [0.1, 0.15) is 18.5 Å². The van der Waals surface area contributed by atoms with Crippen LogP contribution in [-0.2, 0) is 0 Å². The number of hydrogen-bond acceptors (Lipinski definition) is 1. The molecular weight excluding hydrogens is 253 g/mol. The van der Waals surface area contributed by atoms with Crippen molar-refractivity contribution in [3.05, 3.63) is 34.1 Å². The van der Waals surface area contributed by atoms with E-state index in [-0.39, 0.29) is 11.9 Å². The second kappa shape index (κ2) is 4.41. The van der Waals surface area contributed by atoms with Crippen molar-refractivity contribution in [2.75, 3.05) is 0 Å². The van der Waals surface area contributed by atoms with Gasteiger partial charge in [-0.25, -0.2) is 9.18 Å². The molecule has 0 heterocycles. The largest absolute Gasteiger partial charge is 0.465 e. The number of amides is 1. The zero-order valence-corrected chi connectivity index (χ0v) is 9.01. The molecule has 0 bridgehead atoms. The molecule has 14 heavy (non-hydrogen) atoms. The lowest BCUT2D eigenvalue weighted by Gasteiger charge is -2.13. The Morgan fingerprint density at radius 2 is 2.29 bits per heavy atom. The maximum absolute atomic E-state index is 12.7. The molecular formula is C9H9BrFNO2. The third kappa shape index (κ3) is 2.70. The molecule has 0 aliphatic heterocycles. The van der Waals surface area contributed by atoms with E-state index >= 15 is 0 Å². The molecule has 0 aliphatic carbocycles. The zero-order chi connectivity index (χ0) is 10.7. The number of carbonyl (C=O) groups is 1. The first kappa shape index (κ1) is 11.0. The maximum atomic E-state index is 12.7. The van der Waals surface area contributed by atoms with E-state index in [4.69, 9.17) is 5.11 Å². The molecule has 1 aromatic carbocycles. The second-order valence-electron chi connectivity index (χ2n) is 2.84. The number of benzene rings is 1. The number of halogens is 2. The van der Waals surface area contributed by atoms with Crippen molar-refractivity contribution < 1.29 is 14.3 Å². The van der Waals surface area contributed by atoms with Crippen molar-refractivity contribution in [2.24, 2.45) is 0 Å². The summed E-state index contributed by atoms with van der Waals surface area (Å²) in [7, 11) is 0. The van der Waals surface area contributed by atoms with Crippen LogP contribution in [0, 0.1) is 5.82 Å². The summed E-state index contributed by atoms with van der Waals surface area (Å²) in [5.41, 5.74) is 0.703. The van der Waals surface area contributed by atoms with Crippen LogP contribution in [0.25, 0.3) is 0 Å². The zero-order valence-electron chi connectivity index (χ0n) is 7.42. The number of nitrogens with one attached hydrogen (secondary N) is 1. The number of hydrogen-bond donors (Lipinski definition) is 2. The molecule has 1 aromatic rings. The van der Waals surface area contributed by atoms with Crippen LogP contribution >= 0.6 is 15.9 Å². The molecule has 0 aliphatic rings. The highest BCUT2D eigenvalue weighted by Crippen LogP contribution is 2.23. The summed E-state index contributed by atoms with van der Waals surface area (Å²) in [6, 6.07) is 3.76. The van der Waals surface area contributed by atoms with Gasteiger partial charge in [-0.05, 0) is 24.6 Å². The highest BCUT2D eigenvalue weighted by atomic mass is 79.9. The fourth-order valence-electron chi connectivity index (χ4n) is 1.12. The fourth-order valence-corrected chi connectivity index (χ4v) is 1.81. The van der Waals surface area contributed by atoms with Crippen LogP contribution in [0.15, 0.2) is 22.7 Å². The molecule has 1 unspecified atom stereocenters. The minimum atomic E-state index is -1.10. The van der Waals surface area contributed by atoms with Crippen LogP contribution in [-0.4, -0.2) is 11.2 Å². The monoisotopic (exact) mass is 261 g/mol. The molecule has 76 valence electrons. The molecule has 0 saturated heterocycles. The van der Waals surface area contributed by atoms with Crippen LogP contribution < -0.4 is 5.32 Å². The van der Waals surface area contributed by atoms with Gasteiger partial charge in [-0.1, -0.05) is 22.0 Å². The molecule has 1 atom stereocenters. The number of rotatable bonds is 2. The Morgan fingerprint density at radius 3 is 2.79 bits per heavy atom. The van der Waals surface area contributed by atoms with E-state index in [1.54, 1.807) is 13.0 Å². The first-order valence-corrected chi connectivity index (χ1v) is 4.74. The summed E-state index contributed by atoms with van der Waals surface area (Å²) in [4.78, 5) is 10.4. The van der Waals surface area contributed by atoms with Gasteiger partial charge in [-0.2, -0.15) is 0 Å². The molecule has 0 fully saturated rings. The van der Waals surface area contributed by atoms with Crippen molar-refractivity contribution in [3.8, 4) is 0 Å². The molecule has 0 spiro atoms. The van der Waals surface area contributed by atoms with Crippen LogP contribution in [0.2, 0.25) is 0 Å². The molecule has 1 amide bonds. The summed E-state index contributed by atoms with van der Waals surface area (Å²) in [5.74, 6) is -0.358. The Kier molecular flexibility index (Phi) is 3.46. The van der Waals surface area contributed by atoms with Crippen LogP contribution in [0.4, 0.5) is 9.18 Å². The predicted octanol–water partition coefficient (Wildman–Crippen LogP) is 2.92. The van der Waals surface area contributed by atoms with E-state index in [0.29, 0.717) is 10.0 Å². The molecule has 2 N–H and O–H groups in total. The van der Waals surface area contributed by atoms with E-state index < -0.39 is 6.09 Å². The highest BCUT2D eigenvalue weighted by Gasteiger charge is 2.11. The minimum absolute atomic E-state index is 0.358. The van der Waals surface area contributed by atoms with E-state index in [9.17, 15) is 9.18 Å². The van der Waals surface area contributed by atoms with Gasteiger partial charge in [-0.3, -0.25) is 0 Å². The second-order valence-corrected chi connectivity index (χ2v) is 3.69. The van der Waals surface area contributed by atoms with Gasteiger partial charge in [0.2, 0.25) is 0 Å². The Hall–Kier alpha value is -1.10. The third-order valence-electron chi connectivity index (χ3n) is 1.77. The summed E-state index contributed by atoms with van der Waals surface area (Å²) >= 11 is 3.16. The topological polar surface area (TPSA) is 49.3 Å². The smallest absolute Gasteiger partial charge is 0.405 e. The quantitative estimate of drug-likeness (QED) is 0.860. The van der Waals surface area contributed by atoms with Gasteiger partial charge in [0, 0.05) is 4.47 Å². The summed E-state index contributed by atoms with van der Waals surface area (Å²) in [5, 5.41) is 10.8. The van der Waals surface area contributed by atoms with E-state index in [1.807, 2.05) is 0 Å². The SMILES string of the molecule is CC(NC(=O)O)c1ccc(F)cc1Br. The van der Waals surface area contributed by atoms with Gasteiger partial charge in [0.15, 0.2) is 0 Å². The van der Waals surface area contributed by atoms with Gasteiger partial charge in [0.1, 0.15) is 5.82 Å². The lowest BCUT2D eigenvalue weighted by atomic mass is 10.1. The van der Waals surface area contributed by atoms with Crippen molar-refractivity contribution in [3.63, 3.8) is 0 Å². The summed E-state index contributed by atoms with van der Waals surface area (Å²) in [6.45, 7) is 1.69. The molecule has 1 rings (SSSR count). The van der Waals surface area contributed by atoms with Crippen molar-refractivity contribution in [1.29, 1.82) is 0 Å². The first-order valence-electron chi connectivity index (χ1n) is 3.95. The Bertz CT molecular complexity index is 357. The first-order chi connectivity index (χ1) is 6.50. The lowest BCUT2D eigenvalue weighted by molar-refractivity contribution is 0.191. The van der Waals surface area contributed by atoms with E-state index in [0.717, 1.165) is 0 Å². The average Bonchev–Trinajstić information content (AvgIpc) is 2.01. The Balaban J connectivity index is 2.90. The van der Waals surface area contributed by atoms with Crippen LogP contribution in [0.3, 0.4) is 0 Å². The Morgan fingerprint density at radius 1 is 1.64 bits per heavy atom. The van der Waals surface area contributed by atoms with Crippen molar-refractivity contribution >= 4 is 22.0 Å². The average molecular weight is 262 g/mol. The number of carboxylic acid groups (broad SMARTS) is 1. The summed E-state index contributed by atoms with van der Waals surface area (Å²) in [6.07, 6.45) is -1.10. The Labute approximate surface area is 89.1 Å². The predicted molar refractivity (Wildman–Crippen MR) is 53.7 cm³/mol. The highest BCUT2D eigenvalue weighted by molar-refractivity contribution is 9.10. The molecule has 0 saturated carbocycles. The van der Waals surface area contributed by atoms with Gasteiger partial charge < -0.3 is 10.4 Å². The molecule has 5 heteroatoms. The molecule has 0 aromatic heterocycles. The van der Waals surface area contributed by atoms with Crippen LogP contribution in [0.5, 0.6) is 0 Å². The fraction of sp³-hybridized carbons (Fsp3) is 0.222. The normalized spacial score (nSPS) is 12.2. The van der Waals surface area contributed by atoms with Gasteiger partial charge >= 0.3 is 6.09 Å². The molecule has 3 nitrogen and oxygen atoms in total. The van der Waals surface area contributed by atoms with Gasteiger partial charge in [0.25, 0.3) is 0 Å². The van der Waals surface area contributed by atoms with Gasteiger partial charge in [-0.15, -0.1) is 0 Å². The van der Waals surface area contributed by atoms with E-state index in [1.165, 1.54) is 12.1 Å². The van der Waals surface area contributed by atoms with Crippen molar-refractivity contribution in [2.45, 2.75) is 13.0 Å². The molecule has 0 radical (unpaired) electrons. The third-order valence-corrected chi connectivity index (χ3v) is 2.46. The summed E-state index contributed by atoms with van der Waals surface area (Å²) < 4.78 is 13.3. The van der Waals surface area contributed by atoms with Crippen molar-refractivity contribution in [1.82, 2.24) is 5.32 Å². The van der Waals surface area contributed by atoms with Gasteiger partial charge in [0.05, 0.1) is 6.04 Å². The maximum Gasteiger partial charge on any atom is 0.405 e. The lowest BCUT2D eigenvalue weighted by Crippen LogP contribution is -2.24.